The molecule has 1 radical (unpaired) electrons. The van der Waals surface area contributed by atoms with E-state index in [0.29, 0.717) is 11.1 Å². The first-order valence-corrected chi connectivity index (χ1v) is 4.86. The van der Waals surface area contributed by atoms with Crippen LogP contribution in [0.2, 0.25) is 0 Å². The van der Waals surface area contributed by atoms with Gasteiger partial charge >= 0.3 is 5.97 Å². The number of carbonyl (C=O) groups is 1. The van der Waals surface area contributed by atoms with Crippen molar-refractivity contribution in [3.05, 3.63) is 35.4 Å². The zero-order valence-corrected chi connectivity index (χ0v) is 8.82. The minimum atomic E-state index is -0.359. The number of rotatable bonds is 4. The first-order valence-electron chi connectivity index (χ1n) is 4.86. The van der Waals surface area contributed by atoms with Crippen LogP contribution in [-0.2, 0) is 9.53 Å². The molecule has 1 atom stereocenters. The van der Waals surface area contributed by atoms with Crippen molar-refractivity contribution in [3.8, 4) is 0 Å². The van der Waals surface area contributed by atoms with E-state index in [1.54, 1.807) is 30.6 Å². The summed E-state index contributed by atoms with van der Waals surface area (Å²) >= 11 is 0. The molecule has 1 aromatic rings. The Morgan fingerprint density at radius 3 is 2.47 bits per heavy atom. The summed E-state index contributed by atoms with van der Waals surface area (Å²) in [5.74, 6) is -0.359. The van der Waals surface area contributed by atoms with Gasteiger partial charge in [0, 0.05) is 5.56 Å². The molecule has 3 heteroatoms. The average molecular weight is 205 g/mol. The highest BCUT2D eigenvalue weighted by atomic mass is 16.5. The molecule has 0 saturated heterocycles. The van der Waals surface area contributed by atoms with Crippen LogP contribution in [0.1, 0.15) is 36.2 Å². The third-order valence-corrected chi connectivity index (χ3v) is 2.12. The molecule has 0 aromatic heterocycles. The number of benzene rings is 1. The monoisotopic (exact) mass is 205 g/mol. The molecule has 0 spiro atoms. The van der Waals surface area contributed by atoms with Gasteiger partial charge in [-0.3, -0.25) is 4.79 Å². The van der Waals surface area contributed by atoms with Crippen LogP contribution in [0, 0.1) is 0 Å². The molecule has 15 heavy (non-hydrogen) atoms. The van der Waals surface area contributed by atoms with Crippen molar-refractivity contribution in [1.29, 1.82) is 0 Å². The van der Waals surface area contributed by atoms with Gasteiger partial charge in [-0.15, -0.1) is 0 Å². The molecule has 1 rings (SSSR count). The molecule has 0 aliphatic heterocycles. The van der Waals surface area contributed by atoms with E-state index in [4.69, 9.17) is 4.74 Å². The van der Waals surface area contributed by atoms with Crippen LogP contribution in [0.4, 0.5) is 0 Å². The van der Waals surface area contributed by atoms with E-state index in [9.17, 15) is 9.59 Å². The Labute approximate surface area is 89.1 Å². The summed E-state index contributed by atoms with van der Waals surface area (Å²) in [5, 5.41) is 0. The van der Waals surface area contributed by atoms with Gasteiger partial charge in [-0.05, 0) is 25.5 Å². The van der Waals surface area contributed by atoms with Gasteiger partial charge in [-0.1, -0.05) is 19.1 Å². The largest absolute Gasteiger partial charge is 0.459 e. The molecule has 0 N–H and O–H groups in total. The highest BCUT2D eigenvalue weighted by Crippen LogP contribution is 2.07. The maximum Gasteiger partial charge on any atom is 0.338 e. The Kier molecular flexibility index (Phi) is 4.03. The average Bonchev–Trinajstić information content (AvgIpc) is 2.29. The van der Waals surface area contributed by atoms with E-state index in [2.05, 4.69) is 0 Å². The van der Waals surface area contributed by atoms with Crippen molar-refractivity contribution >= 4 is 12.3 Å². The van der Waals surface area contributed by atoms with Crippen LogP contribution >= 0.6 is 0 Å². The second kappa shape index (κ2) is 5.29. The summed E-state index contributed by atoms with van der Waals surface area (Å²) in [6, 6.07) is 6.20. The Morgan fingerprint density at radius 1 is 1.40 bits per heavy atom. The molecule has 0 bridgehead atoms. The van der Waals surface area contributed by atoms with E-state index >= 15 is 0 Å². The lowest BCUT2D eigenvalue weighted by Crippen LogP contribution is -2.13. The van der Waals surface area contributed by atoms with Gasteiger partial charge in [-0.2, -0.15) is 0 Å². The van der Waals surface area contributed by atoms with Gasteiger partial charge in [0.25, 0.3) is 0 Å². The van der Waals surface area contributed by atoms with Crippen LogP contribution in [0.15, 0.2) is 24.3 Å². The minimum absolute atomic E-state index is 0.0881. The van der Waals surface area contributed by atoms with E-state index < -0.39 is 0 Å². The fourth-order valence-corrected chi connectivity index (χ4v) is 1.01. The second-order valence-corrected chi connectivity index (χ2v) is 3.30. The fraction of sp³-hybridized carbons (Fsp3) is 0.333. The molecule has 0 saturated carbocycles. The quantitative estimate of drug-likeness (QED) is 0.707. The van der Waals surface area contributed by atoms with Gasteiger partial charge in [0.05, 0.1) is 11.7 Å². The third-order valence-electron chi connectivity index (χ3n) is 2.12. The maximum atomic E-state index is 11.5. The number of esters is 1. The Bertz CT molecular complexity index is 340. The summed E-state index contributed by atoms with van der Waals surface area (Å²) in [7, 11) is 0. The zero-order valence-electron chi connectivity index (χ0n) is 8.82. The molecule has 0 aliphatic rings. The van der Waals surface area contributed by atoms with Crippen molar-refractivity contribution in [2.24, 2.45) is 0 Å². The molecule has 79 valence electrons. The van der Waals surface area contributed by atoms with Crippen LogP contribution in [0.5, 0.6) is 0 Å². The standard InChI is InChI=1S/C12H13O3/c1-3-9(2)15-12(14)11-6-4-10(8-13)5-7-11/h4-7,9H,3H2,1-2H3. The van der Waals surface area contributed by atoms with Crippen LogP contribution in [0.3, 0.4) is 0 Å². The lowest BCUT2D eigenvalue weighted by atomic mass is 10.1. The van der Waals surface area contributed by atoms with Crippen molar-refractivity contribution in [1.82, 2.24) is 0 Å². The highest BCUT2D eigenvalue weighted by molar-refractivity contribution is 5.90. The predicted molar refractivity (Wildman–Crippen MR) is 56.4 cm³/mol. The minimum Gasteiger partial charge on any atom is -0.459 e. The van der Waals surface area contributed by atoms with Gasteiger partial charge in [0.1, 0.15) is 0 Å². The molecular weight excluding hydrogens is 192 g/mol. The predicted octanol–water partition coefficient (Wildman–Crippen LogP) is 2.10. The smallest absolute Gasteiger partial charge is 0.338 e. The first-order chi connectivity index (χ1) is 7.17. The molecule has 1 aromatic carbocycles. The van der Waals surface area contributed by atoms with Gasteiger partial charge < -0.3 is 4.74 Å². The summed E-state index contributed by atoms with van der Waals surface area (Å²) < 4.78 is 5.12. The van der Waals surface area contributed by atoms with Crippen molar-refractivity contribution < 1.29 is 14.3 Å². The van der Waals surface area contributed by atoms with Crippen LogP contribution in [0.25, 0.3) is 0 Å². The molecule has 3 nitrogen and oxygen atoms in total. The van der Waals surface area contributed by atoms with Gasteiger partial charge in [0.2, 0.25) is 6.29 Å². The number of hydrogen-bond donors (Lipinski definition) is 0. The fourth-order valence-electron chi connectivity index (χ4n) is 1.01. The lowest BCUT2D eigenvalue weighted by molar-refractivity contribution is 0.0334. The van der Waals surface area contributed by atoms with Gasteiger partial charge in [-0.25, -0.2) is 4.79 Å². The zero-order chi connectivity index (χ0) is 11.3. The van der Waals surface area contributed by atoms with E-state index in [1.165, 1.54) is 0 Å². The topological polar surface area (TPSA) is 43.4 Å². The number of carbonyl (C=O) groups excluding carboxylic acids is 2. The normalized spacial score (nSPS) is 11.9. The summed E-state index contributed by atoms with van der Waals surface area (Å²) in [5.41, 5.74) is 0.879. The number of ether oxygens (including phenoxy) is 1. The summed E-state index contributed by atoms with van der Waals surface area (Å²) in [6.45, 7) is 3.79. The molecule has 0 amide bonds. The molecule has 0 heterocycles. The SMILES string of the molecule is CCC(C)OC(=O)c1ccc([C]=O)cc1. The Hall–Kier alpha value is -1.64. The maximum absolute atomic E-state index is 11.5. The van der Waals surface area contributed by atoms with E-state index in [1.807, 2.05) is 13.8 Å². The molecule has 0 aliphatic carbocycles. The molecule has 1 unspecified atom stereocenters. The second-order valence-electron chi connectivity index (χ2n) is 3.30. The summed E-state index contributed by atoms with van der Waals surface area (Å²) in [6.07, 6.45) is 2.44. The molecular formula is C12H13O3. The third kappa shape index (κ3) is 3.20. The van der Waals surface area contributed by atoms with Crippen LogP contribution in [-0.4, -0.2) is 18.4 Å². The Balaban J connectivity index is 2.70. The van der Waals surface area contributed by atoms with Crippen molar-refractivity contribution in [2.75, 3.05) is 0 Å². The van der Waals surface area contributed by atoms with Crippen molar-refractivity contribution in [2.45, 2.75) is 26.4 Å². The van der Waals surface area contributed by atoms with Crippen LogP contribution < -0.4 is 0 Å². The highest BCUT2D eigenvalue weighted by Gasteiger charge is 2.10. The number of hydrogen-bond acceptors (Lipinski definition) is 3. The van der Waals surface area contributed by atoms with E-state index in [-0.39, 0.29) is 12.1 Å². The summed E-state index contributed by atoms with van der Waals surface area (Å²) in [4.78, 5) is 21.8. The van der Waals surface area contributed by atoms with E-state index in [0.717, 1.165) is 6.42 Å². The first kappa shape index (κ1) is 11.4. The van der Waals surface area contributed by atoms with Gasteiger partial charge in [0.15, 0.2) is 0 Å². The lowest BCUT2D eigenvalue weighted by Gasteiger charge is -2.10. The molecule has 0 fully saturated rings. The Morgan fingerprint density at radius 2 is 2.00 bits per heavy atom. The van der Waals surface area contributed by atoms with Crippen molar-refractivity contribution in [3.63, 3.8) is 0 Å².